The quantitative estimate of drug-likeness (QED) is 0.741. The summed E-state index contributed by atoms with van der Waals surface area (Å²) in [6.07, 6.45) is -0.751. The van der Waals surface area contributed by atoms with E-state index in [9.17, 15) is 5.11 Å². The minimum Gasteiger partial charge on any atom is -0.394 e. The first kappa shape index (κ1) is 12.4. The summed E-state index contributed by atoms with van der Waals surface area (Å²) in [5.41, 5.74) is 2.91. The Kier molecular flexibility index (Phi) is 3.37. The summed E-state index contributed by atoms with van der Waals surface area (Å²) < 4.78 is 7.56. The molecule has 1 aliphatic heterocycles. The summed E-state index contributed by atoms with van der Waals surface area (Å²) in [6, 6.07) is 5.92. The first-order chi connectivity index (χ1) is 9.28. The molecular weight excluding hydrogens is 246 g/mol. The maximum atomic E-state index is 9.32. The van der Waals surface area contributed by atoms with Crippen LogP contribution in [0.25, 0.3) is 11.0 Å². The van der Waals surface area contributed by atoms with Crippen molar-refractivity contribution in [1.29, 1.82) is 0 Å². The van der Waals surface area contributed by atoms with Crippen LogP contribution >= 0.6 is 0 Å². The highest BCUT2D eigenvalue weighted by Crippen LogP contribution is 2.22. The predicted molar refractivity (Wildman–Crippen MR) is 71.0 cm³/mol. The van der Waals surface area contributed by atoms with Crippen LogP contribution in [0.2, 0.25) is 0 Å². The Morgan fingerprint density at radius 2 is 2.37 bits per heavy atom. The normalized spacial score (nSPS) is 16.3. The highest BCUT2D eigenvalue weighted by Gasteiger charge is 2.14. The van der Waals surface area contributed by atoms with E-state index >= 15 is 0 Å². The Hall–Kier alpha value is -1.63. The number of imidazole rings is 1. The van der Waals surface area contributed by atoms with Crippen LogP contribution < -0.4 is 5.32 Å². The molecule has 1 aromatic heterocycles. The van der Waals surface area contributed by atoms with E-state index in [0.29, 0.717) is 13.2 Å². The zero-order valence-corrected chi connectivity index (χ0v) is 10.5. The highest BCUT2D eigenvalue weighted by atomic mass is 16.5. The number of hydrogen-bond donors (Lipinski definition) is 3. The van der Waals surface area contributed by atoms with Crippen LogP contribution in [0.3, 0.4) is 0 Å². The molecule has 6 nitrogen and oxygen atoms in total. The lowest BCUT2D eigenvalue weighted by molar-refractivity contribution is 0.0830. The number of benzene rings is 1. The zero-order valence-electron chi connectivity index (χ0n) is 10.5. The topological polar surface area (TPSA) is 79.5 Å². The Morgan fingerprint density at radius 1 is 1.47 bits per heavy atom. The molecule has 102 valence electrons. The average Bonchev–Trinajstić information content (AvgIpc) is 2.82. The molecule has 3 rings (SSSR count). The molecule has 1 unspecified atom stereocenters. The molecule has 2 heterocycles. The lowest BCUT2D eigenvalue weighted by Gasteiger charge is -2.14. The van der Waals surface area contributed by atoms with Gasteiger partial charge in [-0.2, -0.15) is 0 Å². The molecule has 0 radical (unpaired) electrons. The number of nitrogens with zero attached hydrogens (tertiary/aromatic N) is 2. The first-order valence-electron chi connectivity index (χ1n) is 6.37. The number of fused-ring (bicyclic) bond motifs is 3. The van der Waals surface area contributed by atoms with E-state index < -0.39 is 6.10 Å². The van der Waals surface area contributed by atoms with E-state index in [2.05, 4.69) is 14.9 Å². The average molecular weight is 263 g/mol. The molecule has 2 aromatic rings. The fraction of sp³-hybridized carbons (Fsp3) is 0.462. The van der Waals surface area contributed by atoms with Crippen molar-refractivity contribution >= 4 is 16.7 Å². The summed E-state index contributed by atoms with van der Waals surface area (Å²) in [6.45, 7) is 2.19. The van der Waals surface area contributed by atoms with Crippen molar-refractivity contribution < 1.29 is 14.9 Å². The van der Waals surface area contributed by atoms with Gasteiger partial charge in [-0.15, -0.1) is 0 Å². The largest absolute Gasteiger partial charge is 0.394 e. The molecule has 0 aliphatic carbocycles. The van der Waals surface area contributed by atoms with Crippen molar-refractivity contribution in [1.82, 2.24) is 9.55 Å². The van der Waals surface area contributed by atoms with Crippen molar-refractivity contribution in [2.24, 2.45) is 0 Å². The number of nitrogens with one attached hydrogen (secondary N) is 1. The smallest absolute Gasteiger partial charge is 0.136 e. The molecule has 6 heteroatoms. The molecule has 0 spiro atoms. The molecule has 1 aliphatic rings. The molecule has 19 heavy (non-hydrogen) atoms. The van der Waals surface area contributed by atoms with Crippen molar-refractivity contribution in [2.45, 2.75) is 19.3 Å². The second-order valence-corrected chi connectivity index (χ2v) is 4.65. The Morgan fingerprint density at radius 3 is 3.21 bits per heavy atom. The van der Waals surface area contributed by atoms with Crippen LogP contribution in [0.4, 0.5) is 5.69 Å². The van der Waals surface area contributed by atoms with Gasteiger partial charge in [0.1, 0.15) is 12.4 Å². The number of ether oxygens (including phenoxy) is 1. The maximum absolute atomic E-state index is 9.32. The van der Waals surface area contributed by atoms with Crippen LogP contribution in [-0.4, -0.2) is 45.6 Å². The van der Waals surface area contributed by atoms with Gasteiger partial charge < -0.3 is 24.8 Å². The van der Waals surface area contributed by atoms with E-state index in [-0.39, 0.29) is 6.61 Å². The number of aromatic nitrogens is 2. The number of anilines is 1. The molecule has 3 N–H and O–H groups in total. The van der Waals surface area contributed by atoms with Crippen LogP contribution in [0, 0.1) is 0 Å². The van der Waals surface area contributed by atoms with Crippen LogP contribution in [0.1, 0.15) is 5.82 Å². The SMILES string of the molecule is OCC(O)CNc1ccc2c(c1)nc1n2CCOC1. The van der Waals surface area contributed by atoms with E-state index in [1.54, 1.807) is 0 Å². The maximum Gasteiger partial charge on any atom is 0.136 e. The van der Waals surface area contributed by atoms with Crippen molar-refractivity contribution in [3.05, 3.63) is 24.0 Å². The molecule has 1 aromatic carbocycles. The molecular formula is C13H17N3O3. The second-order valence-electron chi connectivity index (χ2n) is 4.65. The molecule has 0 fully saturated rings. The molecule has 0 saturated carbocycles. The number of aliphatic hydroxyl groups is 2. The van der Waals surface area contributed by atoms with Crippen molar-refractivity contribution in [3.63, 3.8) is 0 Å². The summed E-state index contributed by atoms with van der Waals surface area (Å²) in [5, 5.41) is 21.2. The summed E-state index contributed by atoms with van der Waals surface area (Å²) in [4.78, 5) is 4.55. The van der Waals surface area contributed by atoms with Gasteiger partial charge in [0.25, 0.3) is 0 Å². The van der Waals surface area contributed by atoms with Crippen LogP contribution in [0.5, 0.6) is 0 Å². The van der Waals surface area contributed by atoms with Crippen molar-refractivity contribution in [3.8, 4) is 0 Å². The van der Waals surface area contributed by atoms with E-state index in [0.717, 1.165) is 35.7 Å². The second kappa shape index (κ2) is 5.16. The van der Waals surface area contributed by atoms with Crippen LogP contribution in [-0.2, 0) is 17.9 Å². The van der Waals surface area contributed by atoms with Gasteiger partial charge in [-0.1, -0.05) is 0 Å². The van der Waals surface area contributed by atoms with Gasteiger partial charge in [-0.05, 0) is 18.2 Å². The molecule has 0 amide bonds. The molecule has 0 saturated heterocycles. The van der Waals surface area contributed by atoms with E-state index in [4.69, 9.17) is 9.84 Å². The fourth-order valence-electron chi connectivity index (χ4n) is 2.27. The van der Waals surface area contributed by atoms with Gasteiger partial charge in [0.2, 0.25) is 0 Å². The zero-order chi connectivity index (χ0) is 13.2. The first-order valence-corrected chi connectivity index (χ1v) is 6.37. The number of hydrogen-bond acceptors (Lipinski definition) is 5. The molecule has 1 atom stereocenters. The minimum atomic E-state index is -0.751. The third-order valence-electron chi connectivity index (χ3n) is 3.27. The summed E-state index contributed by atoms with van der Waals surface area (Å²) in [5.74, 6) is 0.953. The summed E-state index contributed by atoms with van der Waals surface area (Å²) >= 11 is 0. The van der Waals surface area contributed by atoms with Gasteiger partial charge in [0.15, 0.2) is 0 Å². The van der Waals surface area contributed by atoms with Gasteiger partial charge in [-0.3, -0.25) is 0 Å². The van der Waals surface area contributed by atoms with Gasteiger partial charge in [0, 0.05) is 18.8 Å². The van der Waals surface area contributed by atoms with E-state index in [1.165, 1.54) is 0 Å². The van der Waals surface area contributed by atoms with Gasteiger partial charge >= 0.3 is 0 Å². The minimum absolute atomic E-state index is 0.245. The monoisotopic (exact) mass is 263 g/mol. The van der Waals surface area contributed by atoms with Gasteiger partial charge in [0.05, 0.1) is 30.4 Å². The van der Waals surface area contributed by atoms with Crippen LogP contribution in [0.15, 0.2) is 18.2 Å². The Balaban J connectivity index is 1.85. The summed E-state index contributed by atoms with van der Waals surface area (Å²) in [7, 11) is 0. The third-order valence-corrected chi connectivity index (χ3v) is 3.27. The fourth-order valence-corrected chi connectivity index (χ4v) is 2.27. The predicted octanol–water partition coefficient (Wildman–Crippen LogP) is 0.332. The Bertz CT molecular complexity index is 582. The lowest BCUT2D eigenvalue weighted by Crippen LogP contribution is -2.22. The van der Waals surface area contributed by atoms with E-state index in [1.807, 2.05) is 18.2 Å². The highest BCUT2D eigenvalue weighted by molar-refractivity contribution is 5.80. The Labute approximate surface area is 110 Å². The third kappa shape index (κ3) is 2.42. The standard InChI is InChI=1S/C13H17N3O3/c17-7-10(18)6-14-9-1-2-12-11(5-9)15-13-8-19-4-3-16(12)13/h1-2,5,10,14,17-18H,3-4,6-8H2. The number of rotatable bonds is 4. The lowest BCUT2D eigenvalue weighted by atomic mass is 10.2. The van der Waals surface area contributed by atoms with Gasteiger partial charge in [-0.25, -0.2) is 4.98 Å². The van der Waals surface area contributed by atoms with Crippen molar-refractivity contribution in [2.75, 3.05) is 25.1 Å². The molecule has 0 bridgehead atoms. The number of aliphatic hydroxyl groups excluding tert-OH is 2.